The molecule has 1 heterocycles. The quantitative estimate of drug-likeness (QED) is 0.579. The minimum atomic E-state index is -4.48. The number of hydrogen-bond acceptors (Lipinski definition) is 2. The van der Waals surface area contributed by atoms with Crippen molar-refractivity contribution in [3.05, 3.63) is 58.1 Å². The molecular formula is C17H12ClF3N2O. The van der Waals surface area contributed by atoms with E-state index in [1.165, 1.54) is 6.21 Å². The number of alkyl halides is 3. The van der Waals surface area contributed by atoms with Crippen molar-refractivity contribution >= 4 is 34.4 Å². The third kappa shape index (κ3) is 3.10. The first kappa shape index (κ1) is 16.4. The van der Waals surface area contributed by atoms with Gasteiger partial charge < -0.3 is 10.1 Å². The van der Waals surface area contributed by atoms with Crippen molar-refractivity contribution in [2.75, 3.05) is 0 Å². The third-order valence-corrected chi connectivity index (χ3v) is 3.90. The summed E-state index contributed by atoms with van der Waals surface area (Å²) in [6.45, 7) is 1.90. The zero-order valence-corrected chi connectivity index (χ0v) is 13.2. The fourth-order valence-electron chi connectivity index (χ4n) is 2.37. The Balaban J connectivity index is 2.06. The summed E-state index contributed by atoms with van der Waals surface area (Å²) in [5.41, 5.74) is 1.22. The first-order valence-corrected chi connectivity index (χ1v) is 7.35. The van der Waals surface area contributed by atoms with Crippen molar-refractivity contribution in [2.24, 2.45) is 4.99 Å². The number of nitrogens with zero attached hydrogens (tertiary/aromatic N) is 1. The number of aryl methyl sites for hydroxylation is 1. The van der Waals surface area contributed by atoms with E-state index < -0.39 is 11.7 Å². The standard InChI is InChI=1S/C17H12ClF3N2O/c1-9-2-5-14-11(6-9)12(16(24)23-14)8-22-15-7-10(17(19,20)21)3-4-13(15)18/h2-8,23-24H,1H3. The van der Waals surface area contributed by atoms with Gasteiger partial charge in [-0.2, -0.15) is 13.2 Å². The van der Waals surface area contributed by atoms with E-state index >= 15 is 0 Å². The van der Waals surface area contributed by atoms with Gasteiger partial charge in [-0.3, -0.25) is 4.99 Å². The van der Waals surface area contributed by atoms with Crippen LogP contribution in [0.4, 0.5) is 18.9 Å². The summed E-state index contributed by atoms with van der Waals surface area (Å²) in [7, 11) is 0. The van der Waals surface area contributed by atoms with Crippen LogP contribution >= 0.6 is 11.6 Å². The van der Waals surface area contributed by atoms with Crippen molar-refractivity contribution in [3.8, 4) is 5.88 Å². The second kappa shape index (κ2) is 5.87. The van der Waals surface area contributed by atoms with Gasteiger partial charge in [0.05, 0.1) is 21.8 Å². The molecule has 0 aliphatic heterocycles. The number of hydrogen-bond donors (Lipinski definition) is 2. The minimum absolute atomic E-state index is 0.0205. The molecule has 0 aliphatic carbocycles. The normalized spacial score (nSPS) is 12.4. The number of aromatic amines is 1. The molecule has 3 rings (SSSR count). The fraction of sp³-hybridized carbons (Fsp3) is 0.118. The van der Waals surface area contributed by atoms with E-state index in [0.717, 1.165) is 29.1 Å². The number of aromatic hydroxyl groups is 1. The third-order valence-electron chi connectivity index (χ3n) is 3.58. The summed E-state index contributed by atoms with van der Waals surface area (Å²) in [4.78, 5) is 6.82. The Kier molecular flexibility index (Phi) is 4.01. The van der Waals surface area contributed by atoms with E-state index in [9.17, 15) is 18.3 Å². The van der Waals surface area contributed by atoms with Crippen LogP contribution < -0.4 is 0 Å². The van der Waals surface area contributed by atoms with Crippen LogP contribution in [-0.4, -0.2) is 16.3 Å². The van der Waals surface area contributed by atoms with Crippen molar-refractivity contribution in [1.82, 2.24) is 4.98 Å². The highest BCUT2D eigenvalue weighted by molar-refractivity contribution is 6.33. The second-order valence-corrected chi connectivity index (χ2v) is 5.77. The Morgan fingerprint density at radius 2 is 1.92 bits per heavy atom. The average Bonchev–Trinajstić information content (AvgIpc) is 2.80. The van der Waals surface area contributed by atoms with Gasteiger partial charge in [0, 0.05) is 17.1 Å². The van der Waals surface area contributed by atoms with Gasteiger partial charge in [0.15, 0.2) is 5.88 Å². The molecule has 0 unspecified atom stereocenters. The molecule has 0 spiro atoms. The van der Waals surface area contributed by atoms with Crippen LogP contribution in [0.3, 0.4) is 0 Å². The van der Waals surface area contributed by atoms with Gasteiger partial charge in [-0.05, 0) is 37.3 Å². The maximum absolute atomic E-state index is 12.8. The predicted octanol–water partition coefficient (Wildman–Crippen LogP) is 5.60. The van der Waals surface area contributed by atoms with E-state index in [2.05, 4.69) is 9.98 Å². The molecule has 24 heavy (non-hydrogen) atoms. The molecule has 0 amide bonds. The Morgan fingerprint density at radius 1 is 1.17 bits per heavy atom. The smallest absolute Gasteiger partial charge is 0.416 e. The summed E-state index contributed by atoms with van der Waals surface area (Å²) in [6.07, 6.45) is -3.18. The van der Waals surface area contributed by atoms with Crippen molar-refractivity contribution < 1.29 is 18.3 Å². The van der Waals surface area contributed by atoms with Crippen molar-refractivity contribution in [1.29, 1.82) is 0 Å². The van der Waals surface area contributed by atoms with E-state index in [1.54, 1.807) is 6.07 Å². The van der Waals surface area contributed by atoms with Gasteiger partial charge in [0.1, 0.15) is 0 Å². The summed E-state index contributed by atoms with van der Waals surface area (Å²) in [5.74, 6) is -0.109. The lowest BCUT2D eigenvalue weighted by Crippen LogP contribution is -2.04. The largest absolute Gasteiger partial charge is 0.494 e. The molecule has 0 atom stereocenters. The molecular weight excluding hydrogens is 341 g/mol. The molecule has 2 aromatic carbocycles. The molecule has 0 saturated heterocycles. The predicted molar refractivity (Wildman–Crippen MR) is 88.4 cm³/mol. The maximum atomic E-state index is 12.8. The monoisotopic (exact) mass is 352 g/mol. The summed E-state index contributed by atoms with van der Waals surface area (Å²) in [5, 5.41) is 10.8. The lowest BCUT2D eigenvalue weighted by atomic mass is 10.1. The zero-order valence-electron chi connectivity index (χ0n) is 12.4. The first-order valence-electron chi connectivity index (χ1n) is 6.98. The molecule has 3 aromatic rings. The number of nitrogens with one attached hydrogen (secondary N) is 1. The van der Waals surface area contributed by atoms with Crippen LogP contribution in [0.2, 0.25) is 5.02 Å². The van der Waals surface area contributed by atoms with Gasteiger partial charge >= 0.3 is 6.18 Å². The Morgan fingerprint density at radius 3 is 2.62 bits per heavy atom. The van der Waals surface area contributed by atoms with E-state index in [1.807, 2.05) is 19.1 Å². The topological polar surface area (TPSA) is 48.4 Å². The number of rotatable bonds is 2. The van der Waals surface area contributed by atoms with Gasteiger partial charge in [-0.15, -0.1) is 0 Å². The average molecular weight is 353 g/mol. The molecule has 0 fully saturated rings. The highest BCUT2D eigenvalue weighted by Gasteiger charge is 2.30. The van der Waals surface area contributed by atoms with Gasteiger partial charge in [0.25, 0.3) is 0 Å². The van der Waals surface area contributed by atoms with E-state index in [4.69, 9.17) is 11.6 Å². The molecule has 124 valence electrons. The maximum Gasteiger partial charge on any atom is 0.416 e. The van der Waals surface area contributed by atoms with Crippen LogP contribution in [-0.2, 0) is 6.18 Å². The Bertz CT molecular complexity index is 945. The number of H-pyrrole nitrogens is 1. The van der Waals surface area contributed by atoms with Crippen LogP contribution in [0.5, 0.6) is 5.88 Å². The highest BCUT2D eigenvalue weighted by Crippen LogP contribution is 2.35. The molecule has 1 aromatic heterocycles. The first-order chi connectivity index (χ1) is 11.3. The Labute approximate surface area is 140 Å². The highest BCUT2D eigenvalue weighted by atomic mass is 35.5. The molecule has 2 N–H and O–H groups in total. The van der Waals surface area contributed by atoms with Gasteiger partial charge in [-0.1, -0.05) is 23.2 Å². The van der Waals surface area contributed by atoms with E-state index in [-0.39, 0.29) is 16.6 Å². The number of halogens is 4. The Hall–Kier alpha value is -2.47. The number of fused-ring (bicyclic) bond motifs is 1. The number of aromatic nitrogens is 1. The van der Waals surface area contributed by atoms with Crippen LogP contribution in [0.15, 0.2) is 41.4 Å². The van der Waals surface area contributed by atoms with Gasteiger partial charge in [0.2, 0.25) is 0 Å². The van der Waals surface area contributed by atoms with Crippen molar-refractivity contribution in [2.45, 2.75) is 13.1 Å². The summed E-state index contributed by atoms with van der Waals surface area (Å²) in [6, 6.07) is 8.45. The lowest BCUT2D eigenvalue weighted by Gasteiger charge is -2.07. The zero-order chi connectivity index (χ0) is 17.5. The second-order valence-electron chi connectivity index (χ2n) is 5.36. The van der Waals surface area contributed by atoms with E-state index in [0.29, 0.717) is 11.1 Å². The molecule has 0 aliphatic rings. The molecule has 7 heteroatoms. The molecule has 0 saturated carbocycles. The molecule has 0 radical (unpaired) electrons. The lowest BCUT2D eigenvalue weighted by molar-refractivity contribution is -0.137. The van der Waals surface area contributed by atoms with Gasteiger partial charge in [-0.25, -0.2) is 0 Å². The van der Waals surface area contributed by atoms with Crippen molar-refractivity contribution in [3.63, 3.8) is 0 Å². The van der Waals surface area contributed by atoms with Crippen LogP contribution in [0, 0.1) is 6.92 Å². The fourth-order valence-corrected chi connectivity index (χ4v) is 2.53. The summed E-state index contributed by atoms with van der Waals surface area (Å²) < 4.78 is 38.4. The number of benzene rings is 2. The minimum Gasteiger partial charge on any atom is -0.494 e. The molecule has 0 bridgehead atoms. The molecule has 3 nitrogen and oxygen atoms in total. The summed E-state index contributed by atoms with van der Waals surface area (Å²) >= 11 is 5.92. The van der Waals surface area contributed by atoms with Crippen LogP contribution in [0.1, 0.15) is 16.7 Å². The number of aliphatic imine (C=N–C) groups is 1. The SMILES string of the molecule is Cc1ccc2[nH]c(O)c(C=Nc3cc(C(F)(F)F)ccc3Cl)c2c1. The van der Waals surface area contributed by atoms with Crippen LogP contribution in [0.25, 0.3) is 10.9 Å².